The Bertz CT molecular complexity index is 406. The molecule has 0 aliphatic rings. The van der Waals surface area contributed by atoms with Crippen molar-refractivity contribution in [3.8, 4) is 0 Å². The minimum Gasteiger partial charge on any atom is -0.342 e. The van der Waals surface area contributed by atoms with Crippen LogP contribution in [-0.2, 0) is 0 Å². The predicted octanol–water partition coefficient (Wildman–Crippen LogP) is 2.79. The summed E-state index contributed by atoms with van der Waals surface area (Å²) in [6.45, 7) is 1.94. The first kappa shape index (κ1) is 7.62. The monoisotopic (exact) mass is 179 g/mol. The molecule has 1 heterocycles. The zero-order valence-corrected chi connectivity index (χ0v) is 7.39. The summed E-state index contributed by atoms with van der Waals surface area (Å²) in [5.41, 5.74) is 1.93. The van der Waals surface area contributed by atoms with Crippen LogP contribution in [0.4, 0.5) is 0 Å². The highest BCUT2D eigenvalue weighted by Crippen LogP contribution is 2.17. The lowest BCUT2D eigenvalue weighted by Crippen LogP contribution is -1.76. The van der Waals surface area contributed by atoms with Crippen molar-refractivity contribution < 1.29 is 0 Å². The van der Waals surface area contributed by atoms with E-state index in [-0.39, 0.29) is 0 Å². The first-order chi connectivity index (χ1) is 5.79. The molecular formula is C9H8ClN2. The number of nitrogens with zero attached hydrogens (tertiary/aromatic N) is 1. The van der Waals surface area contributed by atoms with E-state index in [1.165, 1.54) is 0 Å². The third-order valence-corrected chi connectivity index (χ3v) is 1.97. The average molecular weight is 180 g/mol. The molecule has 12 heavy (non-hydrogen) atoms. The Morgan fingerprint density at radius 2 is 2.33 bits per heavy atom. The fraction of sp³-hybridized carbons (Fsp3) is 0.111. The van der Waals surface area contributed by atoms with E-state index in [0.29, 0.717) is 0 Å². The van der Waals surface area contributed by atoms with E-state index in [1.807, 2.05) is 31.5 Å². The highest BCUT2D eigenvalue weighted by atomic mass is 35.5. The fourth-order valence-electron chi connectivity index (χ4n) is 1.14. The molecule has 3 heteroatoms. The molecule has 1 aromatic carbocycles. The molecule has 0 amide bonds. The van der Waals surface area contributed by atoms with Crippen LogP contribution in [-0.4, -0.2) is 9.97 Å². The lowest BCUT2D eigenvalue weighted by atomic mass is 10.3. The van der Waals surface area contributed by atoms with Gasteiger partial charge in [-0.3, -0.25) is 0 Å². The van der Waals surface area contributed by atoms with Crippen molar-refractivity contribution in [3.05, 3.63) is 35.5 Å². The molecule has 1 radical (unpaired) electrons. The van der Waals surface area contributed by atoms with E-state index in [4.69, 9.17) is 11.6 Å². The lowest BCUT2D eigenvalue weighted by molar-refractivity contribution is 1.17. The largest absolute Gasteiger partial charge is 0.342 e. The van der Waals surface area contributed by atoms with Crippen molar-refractivity contribution in [2.75, 3.05) is 0 Å². The van der Waals surface area contributed by atoms with Gasteiger partial charge in [-0.2, -0.15) is 0 Å². The normalized spacial score (nSPS) is 10.8. The van der Waals surface area contributed by atoms with E-state index >= 15 is 0 Å². The molecule has 1 aromatic heterocycles. The van der Waals surface area contributed by atoms with Crippen LogP contribution in [0.15, 0.2) is 18.2 Å². The number of halogens is 1. The molecule has 0 saturated heterocycles. The predicted molar refractivity (Wildman–Crippen MR) is 50.2 cm³/mol. The third kappa shape index (κ3) is 1.18. The quantitative estimate of drug-likeness (QED) is 0.717. The molecule has 61 valence electrons. The van der Waals surface area contributed by atoms with E-state index in [9.17, 15) is 0 Å². The van der Waals surface area contributed by atoms with Gasteiger partial charge in [0, 0.05) is 11.4 Å². The van der Waals surface area contributed by atoms with Crippen LogP contribution in [0.3, 0.4) is 0 Å². The van der Waals surface area contributed by atoms with Crippen LogP contribution >= 0.6 is 11.6 Å². The number of benzene rings is 1. The molecule has 0 aliphatic carbocycles. The van der Waals surface area contributed by atoms with Gasteiger partial charge in [0.1, 0.15) is 5.82 Å². The zero-order chi connectivity index (χ0) is 8.55. The first-order valence-corrected chi connectivity index (χ1v) is 4.12. The minimum atomic E-state index is 0.719. The molecule has 0 bridgehead atoms. The Morgan fingerprint density at radius 3 is 3.08 bits per heavy atom. The first-order valence-electron chi connectivity index (χ1n) is 3.74. The summed E-state index contributed by atoms with van der Waals surface area (Å²) >= 11 is 5.81. The Labute approximate surface area is 75.6 Å². The number of hydrogen-bond donors (Lipinski definition) is 1. The Kier molecular flexibility index (Phi) is 1.77. The van der Waals surface area contributed by atoms with Crippen LogP contribution in [0.1, 0.15) is 12.7 Å². The molecule has 0 fully saturated rings. The second-order valence-electron chi connectivity index (χ2n) is 2.57. The molecule has 1 N–H and O–H groups in total. The number of rotatable bonds is 1. The Morgan fingerprint density at radius 1 is 1.50 bits per heavy atom. The number of nitrogens with one attached hydrogen (secondary N) is 1. The number of hydrogen-bond acceptors (Lipinski definition) is 1. The topological polar surface area (TPSA) is 28.7 Å². The number of aromatic nitrogens is 2. The highest BCUT2D eigenvalue weighted by molar-refractivity contribution is 6.31. The molecule has 2 aromatic rings. The van der Waals surface area contributed by atoms with Gasteiger partial charge >= 0.3 is 0 Å². The maximum absolute atomic E-state index is 5.81. The van der Waals surface area contributed by atoms with Crippen molar-refractivity contribution in [2.24, 2.45) is 0 Å². The second kappa shape index (κ2) is 2.79. The molecule has 2 rings (SSSR count). The second-order valence-corrected chi connectivity index (χ2v) is 3.01. The van der Waals surface area contributed by atoms with Crippen LogP contribution in [0.5, 0.6) is 0 Å². The maximum atomic E-state index is 5.81. The van der Waals surface area contributed by atoms with Crippen LogP contribution in [0.2, 0.25) is 5.02 Å². The van der Waals surface area contributed by atoms with E-state index in [0.717, 1.165) is 21.9 Å². The standard InChI is InChI=1S/C9H8ClN2/c1-2-9-11-7-4-3-6(10)5-8(7)12-9/h2-5H,1H3,(H,11,12). The molecule has 0 unspecified atom stereocenters. The van der Waals surface area contributed by atoms with Gasteiger partial charge in [0.2, 0.25) is 0 Å². The van der Waals surface area contributed by atoms with Crippen molar-refractivity contribution >= 4 is 22.6 Å². The van der Waals surface area contributed by atoms with Gasteiger partial charge in [0.15, 0.2) is 0 Å². The number of aromatic amines is 1. The van der Waals surface area contributed by atoms with Crippen LogP contribution < -0.4 is 0 Å². The van der Waals surface area contributed by atoms with Gasteiger partial charge in [-0.05, 0) is 18.2 Å². The fourth-order valence-corrected chi connectivity index (χ4v) is 1.30. The van der Waals surface area contributed by atoms with Gasteiger partial charge in [0.05, 0.1) is 11.0 Å². The lowest BCUT2D eigenvalue weighted by Gasteiger charge is -1.87. The number of imidazole rings is 1. The Balaban J connectivity index is 2.67. The summed E-state index contributed by atoms with van der Waals surface area (Å²) in [6.07, 6.45) is 1.92. The molecular weight excluding hydrogens is 172 g/mol. The molecule has 2 nitrogen and oxygen atoms in total. The molecule has 0 atom stereocenters. The van der Waals surface area contributed by atoms with E-state index < -0.39 is 0 Å². The zero-order valence-electron chi connectivity index (χ0n) is 6.63. The summed E-state index contributed by atoms with van der Waals surface area (Å²) in [4.78, 5) is 7.44. The van der Waals surface area contributed by atoms with E-state index in [1.54, 1.807) is 0 Å². The van der Waals surface area contributed by atoms with Crippen molar-refractivity contribution in [1.82, 2.24) is 9.97 Å². The third-order valence-electron chi connectivity index (χ3n) is 1.74. The summed E-state index contributed by atoms with van der Waals surface area (Å²) in [6, 6.07) is 5.62. The van der Waals surface area contributed by atoms with Gasteiger partial charge in [-0.15, -0.1) is 0 Å². The minimum absolute atomic E-state index is 0.719. The number of fused-ring (bicyclic) bond motifs is 1. The Hall–Kier alpha value is -1.02. The average Bonchev–Trinajstić information content (AvgIpc) is 2.46. The van der Waals surface area contributed by atoms with Crippen molar-refractivity contribution in [2.45, 2.75) is 6.92 Å². The van der Waals surface area contributed by atoms with Gasteiger partial charge < -0.3 is 4.98 Å². The molecule has 0 spiro atoms. The summed E-state index contributed by atoms with van der Waals surface area (Å²) in [5.74, 6) is 0.882. The SMILES string of the molecule is C[CH]c1nc2cc(Cl)ccc2[nH]1. The van der Waals surface area contributed by atoms with Gasteiger partial charge in [-0.25, -0.2) is 4.98 Å². The number of H-pyrrole nitrogens is 1. The molecule has 0 aliphatic heterocycles. The van der Waals surface area contributed by atoms with Gasteiger partial charge in [0.25, 0.3) is 0 Å². The van der Waals surface area contributed by atoms with Crippen LogP contribution in [0.25, 0.3) is 11.0 Å². The highest BCUT2D eigenvalue weighted by Gasteiger charge is 2.00. The van der Waals surface area contributed by atoms with Crippen LogP contribution in [0, 0.1) is 6.42 Å². The van der Waals surface area contributed by atoms with Crippen molar-refractivity contribution in [1.29, 1.82) is 0 Å². The summed E-state index contributed by atoms with van der Waals surface area (Å²) < 4.78 is 0. The van der Waals surface area contributed by atoms with Gasteiger partial charge in [-0.1, -0.05) is 18.5 Å². The summed E-state index contributed by atoms with van der Waals surface area (Å²) in [7, 11) is 0. The smallest absolute Gasteiger partial charge is 0.110 e. The van der Waals surface area contributed by atoms with E-state index in [2.05, 4.69) is 9.97 Å². The summed E-state index contributed by atoms with van der Waals surface area (Å²) in [5, 5.41) is 0.719. The van der Waals surface area contributed by atoms with Crippen molar-refractivity contribution in [3.63, 3.8) is 0 Å². The maximum Gasteiger partial charge on any atom is 0.110 e. The molecule has 0 saturated carbocycles.